The number of aryl methyl sites for hydroxylation is 1. The van der Waals surface area contributed by atoms with Gasteiger partial charge in [-0.1, -0.05) is 30.3 Å². The predicted octanol–water partition coefficient (Wildman–Crippen LogP) is 3.09. The Bertz CT molecular complexity index is 1050. The highest BCUT2D eigenvalue weighted by Gasteiger charge is 2.43. The zero-order valence-corrected chi connectivity index (χ0v) is 19.9. The summed E-state index contributed by atoms with van der Waals surface area (Å²) in [4.78, 5) is 15.3. The zero-order chi connectivity index (χ0) is 23.3. The predicted molar refractivity (Wildman–Crippen MR) is 126 cm³/mol. The quantitative estimate of drug-likeness (QED) is 0.619. The Balaban J connectivity index is 1.57. The Morgan fingerprint density at radius 2 is 1.82 bits per heavy atom. The van der Waals surface area contributed by atoms with E-state index in [-0.39, 0.29) is 25.5 Å². The number of benzene rings is 2. The minimum Gasteiger partial charge on any atom is -0.493 e. The van der Waals surface area contributed by atoms with Gasteiger partial charge in [0.15, 0.2) is 0 Å². The van der Waals surface area contributed by atoms with E-state index in [9.17, 15) is 13.2 Å². The lowest BCUT2D eigenvalue weighted by molar-refractivity contribution is -0.139. The van der Waals surface area contributed by atoms with E-state index in [0.29, 0.717) is 44.2 Å². The first kappa shape index (κ1) is 23.7. The second-order valence-corrected chi connectivity index (χ2v) is 11.0. The van der Waals surface area contributed by atoms with Crippen LogP contribution in [-0.4, -0.2) is 69.5 Å². The Labute approximate surface area is 196 Å². The van der Waals surface area contributed by atoms with Gasteiger partial charge >= 0.3 is 0 Å². The summed E-state index contributed by atoms with van der Waals surface area (Å²) < 4.78 is 39.9. The lowest BCUT2D eigenvalue weighted by Gasteiger charge is -2.42. The number of carbonyl (C=O) groups excluding carboxylic acids is 1. The van der Waals surface area contributed by atoms with Crippen LogP contribution >= 0.6 is 0 Å². The van der Waals surface area contributed by atoms with E-state index in [1.54, 1.807) is 18.2 Å². The SMILES string of the molecule is Cc1cccc(S(=O)(=O)N2CCCC(COc3ccccc3)(CC(=O)N3CCOCC3)C2)c1. The molecule has 1 unspecified atom stereocenters. The first-order valence-corrected chi connectivity index (χ1v) is 12.9. The molecular weight excluding hydrogens is 440 g/mol. The molecule has 2 aliphatic rings. The molecule has 2 aromatic rings. The van der Waals surface area contributed by atoms with Crippen molar-refractivity contribution in [2.24, 2.45) is 5.41 Å². The molecule has 0 aromatic heterocycles. The molecule has 178 valence electrons. The molecule has 2 fully saturated rings. The van der Waals surface area contributed by atoms with Gasteiger partial charge in [0, 0.05) is 38.0 Å². The van der Waals surface area contributed by atoms with Gasteiger partial charge in [-0.25, -0.2) is 8.42 Å². The molecule has 33 heavy (non-hydrogen) atoms. The third kappa shape index (κ3) is 5.75. The van der Waals surface area contributed by atoms with E-state index < -0.39 is 15.4 Å². The van der Waals surface area contributed by atoms with Crippen molar-refractivity contribution in [2.75, 3.05) is 46.0 Å². The van der Waals surface area contributed by atoms with E-state index in [4.69, 9.17) is 9.47 Å². The fourth-order valence-corrected chi connectivity index (χ4v) is 6.30. The van der Waals surface area contributed by atoms with Crippen LogP contribution in [0.1, 0.15) is 24.8 Å². The van der Waals surface area contributed by atoms with Crippen molar-refractivity contribution >= 4 is 15.9 Å². The maximum Gasteiger partial charge on any atom is 0.243 e. The number of hydrogen-bond donors (Lipinski definition) is 0. The molecule has 0 N–H and O–H groups in total. The summed E-state index contributed by atoms with van der Waals surface area (Å²) in [7, 11) is -3.67. The monoisotopic (exact) mass is 472 g/mol. The molecule has 2 heterocycles. The summed E-state index contributed by atoms with van der Waals surface area (Å²) in [6.45, 7) is 5.07. The smallest absolute Gasteiger partial charge is 0.243 e. The summed E-state index contributed by atoms with van der Waals surface area (Å²) >= 11 is 0. The molecule has 0 bridgehead atoms. The topological polar surface area (TPSA) is 76.2 Å². The van der Waals surface area contributed by atoms with Crippen LogP contribution < -0.4 is 4.74 Å². The number of amides is 1. The Morgan fingerprint density at radius 3 is 2.55 bits per heavy atom. The highest BCUT2D eigenvalue weighted by Crippen LogP contribution is 2.37. The van der Waals surface area contributed by atoms with Crippen molar-refractivity contribution in [3.05, 3.63) is 60.2 Å². The first-order valence-electron chi connectivity index (χ1n) is 11.5. The fraction of sp³-hybridized carbons (Fsp3) is 0.480. The second-order valence-electron chi connectivity index (χ2n) is 9.03. The van der Waals surface area contributed by atoms with Gasteiger partial charge in [-0.3, -0.25) is 4.79 Å². The van der Waals surface area contributed by atoms with Crippen LogP contribution in [0.2, 0.25) is 0 Å². The van der Waals surface area contributed by atoms with Crippen molar-refractivity contribution in [1.82, 2.24) is 9.21 Å². The summed E-state index contributed by atoms with van der Waals surface area (Å²) in [6, 6.07) is 16.5. The molecule has 2 aromatic carbocycles. The summed E-state index contributed by atoms with van der Waals surface area (Å²) in [6.07, 6.45) is 1.66. The molecule has 2 saturated heterocycles. The molecule has 0 saturated carbocycles. The number of morpholine rings is 1. The Hall–Kier alpha value is -2.42. The van der Waals surface area contributed by atoms with Crippen LogP contribution in [0, 0.1) is 12.3 Å². The van der Waals surface area contributed by atoms with Crippen LogP contribution in [0.15, 0.2) is 59.5 Å². The van der Waals surface area contributed by atoms with Crippen molar-refractivity contribution in [3.8, 4) is 5.75 Å². The van der Waals surface area contributed by atoms with E-state index in [1.165, 1.54) is 4.31 Å². The zero-order valence-electron chi connectivity index (χ0n) is 19.1. The number of sulfonamides is 1. The molecule has 0 aliphatic carbocycles. The molecule has 7 nitrogen and oxygen atoms in total. The maximum absolute atomic E-state index is 13.5. The van der Waals surface area contributed by atoms with Crippen LogP contribution in [0.5, 0.6) is 5.75 Å². The maximum atomic E-state index is 13.5. The number of rotatable bonds is 7. The first-order chi connectivity index (χ1) is 15.9. The molecular formula is C25H32N2O5S. The lowest BCUT2D eigenvalue weighted by Crippen LogP contribution is -2.51. The normalized spacial score (nSPS) is 22.2. The Morgan fingerprint density at radius 1 is 1.06 bits per heavy atom. The number of para-hydroxylation sites is 1. The largest absolute Gasteiger partial charge is 0.493 e. The minimum absolute atomic E-state index is 0.0322. The second kappa shape index (κ2) is 10.2. The number of nitrogens with zero attached hydrogens (tertiary/aromatic N) is 2. The van der Waals surface area contributed by atoms with Gasteiger partial charge in [0.2, 0.25) is 15.9 Å². The number of ether oxygens (including phenoxy) is 2. The van der Waals surface area contributed by atoms with Crippen LogP contribution in [0.3, 0.4) is 0 Å². The molecule has 1 amide bonds. The molecule has 8 heteroatoms. The summed E-state index contributed by atoms with van der Waals surface area (Å²) in [5, 5.41) is 0. The van der Waals surface area contributed by atoms with Crippen molar-refractivity contribution in [1.29, 1.82) is 0 Å². The highest BCUT2D eigenvalue weighted by atomic mass is 32.2. The molecule has 4 rings (SSSR count). The average molecular weight is 473 g/mol. The Kier molecular flexibility index (Phi) is 7.36. The van der Waals surface area contributed by atoms with E-state index >= 15 is 0 Å². The van der Waals surface area contributed by atoms with Gasteiger partial charge in [0.05, 0.1) is 24.7 Å². The molecule has 0 radical (unpaired) electrons. The molecule has 0 spiro atoms. The van der Waals surface area contributed by atoms with Crippen LogP contribution in [-0.2, 0) is 19.6 Å². The van der Waals surface area contributed by atoms with Gasteiger partial charge in [0.1, 0.15) is 5.75 Å². The summed E-state index contributed by atoms with van der Waals surface area (Å²) in [5.74, 6) is 0.749. The third-order valence-electron chi connectivity index (χ3n) is 6.43. The van der Waals surface area contributed by atoms with E-state index in [1.807, 2.05) is 48.2 Å². The van der Waals surface area contributed by atoms with Crippen LogP contribution in [0.4, 0.5) is 0 Å². The standard InChI is InChI=1S/C25H32N2O5S/c1-21-7-5-10-23(17-21)33(29,30)27-12-6-11-25(19-27,20-32-22-8-3-2-4-9-22)18-24(28)26-13-15-31-16-14-26/h2-5,7-10,17H,6,11-16,18-20H2,1H3. The highest BCUT2D eigenvalue weighted by molar-refractivity contribution is 7.89. The van der Waals surface area contributed by atoms with Crippen molar-refractivity contribution in [3.63, 3.8) is 0 Å². The average Bonchev–Trinajstić information content (AvgIpc) is 2.84. The van der Waals surface area contributed by atoms with Gasteiger partial charge in [-0.15, -0.1) is 0 Å². The van der Waals surface area contributed by atoms with Crippen LogP contribution in [0.25, 0.3) is 0 Å². The van der Waals surface area contributed by atoms with E-state index in [2.05, 4.69) is 0 Å². The number of hydrogen-bond acceptors (Lipinski definition) is 5. The molecule has 1 atom stereocenters. The summed E-state index contributed by atoms with van der Waals surface area (Å²) in [5.41, 5.74) is 0.301. The lowest BCUT2D eigenvalue weighted by atomic mass is 9.78. The van der Waals surface area contributed by atoms with Gasteiger partial charge in [-0.05, 0) is 49.6 Å². The van der Waals surface area contributed by atoms with Crippen molar-refractivity contribution in [2.45, 2.75) is 31.1 Å². The van der Waals surface area contributed by atoms with Crippen molar-refractivity contribution < 1.29 is 22.7 Å². The molecule has 2 aliphatic heterocycles. The third-order valence-corrected chi connectivity index (χ3v) is 8.27. The van der Waals surface area contributed by atoms with E-state index in [0.717, 1.165) is 17.7 Å². The van der Waals surface area contributed by atoms with Gasteiger partial charge < -0.3 is 14.4 Å². The number of carbonyl (C=O) groups is 1. The van der Waals surface area contributed by atoms with Gasteiger partial charge in [0.25, 0.3) is 0 Å². The van der Waals surface area contributed by atoms with Gasteiger partial charge in [-0.2, -0.15) is 4.31 Å². The fourth-order valence-electron chi connectivity index (χ4n) is 4.60. The minimum atomic E-state index is -3.67. The number of piperidine rings is 1.